The molecule has 15 heavy (non-hydrogen) atoms. The molecular formula is C10H20F2N2O. The van der Waals surface area contributed by atoms with Crippen LogP contribution in [0.5, 0.6) is 0 Å². The molecule has 0 aromatic rings. The van der Waals surface area contributed by atoms with Gasteiger partial charge in [0, 0.05) is 12.6 Å². The number of rotatable bonds is 4. The molecule has 0 rings (SSSR count). The van der Waals surface area contributed by atoms with Crippen molar-refractivity contribution < 1.29 is 13.6 Å². The molecule has 0 saturated carbocycles. The third-order valence-corrected chi connectivity index (χ3v) is 2.90. The van der Waals surface area contributed by atoms with Crippen LogP contribution in [0.4, 0.5) is 8.78 Å². The minimum absolute atomic E-state index is 0.365. The lowest BCUT2D eigenvalue weighted by Gasteiger charge is -2.39. The highest BCUT2D eigenvalue weighted by atomic mass is 19.3. The Balaban J connectivity index is 4.70. The van der Waals surface area contributed by atoms with E-state index in [4.69, 9.17) is 5.73 Å². The number of carbonyl (C=O) groups excluding carboxylic acids is 1. The Morgan fingerprint density at radius 1 is 1.33 bits per heavy atom. The fraction of sp³-hybridized carbons (Fsp3) is 0.900. The van der Waals surface area contributed by atoms with Gasteiger partial charge < -0.3 is 10.6 Å². The second-order valence-corrected chi connectivity index (χ2v) is 4.92. The summed E-state index contributed by atoms with van der Waals surface area (Å²) in [5.41, 5.74) is 4.23. The number of nitrogens with two attached hydrogens (primary N) is 1. The Morgan fingerprint density at radius 3 is 2.00 bits per heavy atom. The molecule has 0 spiro atoms. The van der Waals surface area contributed by atoms with Crippen molar-refractivity contribution in [2.45, 2.75) is 39.7 Å². The van der Waals surface area contributed by atoms with Crippen molar-refractivity contribution in [2.75, 3.05) is 13.6 Å². The van der Waals surface area contributed by atoms with E-state index in [1.165, 1.54) is 7.05 Å². The third kappa shape index (κ3) is 3.41. The van der Waals surface area contributed by atoms with E-state index >= 15 is 0 Å². The summed E-state index contributed by atoms with van der Waals surface area (Å²) in [7, 11) is 1.36. The lowest BCUT2D eigenvalue weighted by molar-refractivity contribution is -0.143. The molecule has 0 radical (unpaired) electrons. The molecule has 0 heterocycles. The zero-order chi connectivity index (χ0) is 12.4. The molecule has 5 heteroatoms. The maximum absolute atomic E-state index is 12.1. The van der Waals surface area contributed by atoms with Gasteiger partial charge in [-0.05, 0) is 27.7 Å². The molecule has 0 atom stereocenters. The summed E-state index contributed by atoms with van der Waals surface area (Å²) in [6.07, 6.45) is -2.52. The minimum Gasteiger partial charge on any atom is -0.340 e. The van der Waals surface area contributed by atoms with Gasteiger partial charge in [0.2, 0.25) is 5.91 Å². The Bertz CT molecular complexity index is 234. The lowest BCUT2D eigenvalue weighted by atomic mass is 9.74. The van der Waals surface area contributed by atoms with Crippen molar-refractivity contribution in [3.05, 3.63) is 0 Å². The van der Waals surface area contributed by atoms with Gasteiger partial charge in [-0.3, -0.25) is 4.79 Å². The number of hydrogen-bond donors (Lipinski definition) is 1. The number of hydrogen-bond acceptors (Lipinski definition) is 2. The van der Waals surface area contributed by atoms with E-state index in [9.17, 15) is 13.6 Å². The molecular weight excluding hydrogens is 202 g/mol. The van der Waals surface area contributed by atoms with Crippen LogP contribution in [0.15, 0.2) is 0 Å². The van der Waals surface area contributed by atoms with E-state index in [0.717, 1.165) is 4.90 Å². The number of alkyl halides is 2. The van der Waals surface area contributed by atoms with Gasteiger partial charge in [0.05, 0.1) is 12.0 Å². The molecule has 0 saturated heterocycles. The Kier molecular flexibility index (Phi) is 4.22. The summed E-state index contributed by atoms with van der Waals surface area (Å²) in [4.78, 5) is 12.9. The standard InChI is InChI=1S/C10H20F2N2O/c1-9(2,10(3,4)13)8(15)14(5)6-7(11)12/h7H,6,13H2,1-5H3. The number of nitrogens with zero attached hydrogens (tertiary/aromatic N) is 1. The summed E-state index contributed by atoms with van der Waals surface area (Å²) in [5.74, 6) is -0.365. The molecule has 3 nitrogen and oxygen atoms in total. The summed E-state index contributed by atoms with van der Waals surface area (Å²) in [6, 6.07) is 0. The molecule has 0 aliphatic rings. The topological polar surface area (TPSA) is 46.3 Å². The fourth-order valence-corrected chi connectivity index (χ4v) is 1.04. The Morgan fingerprint density at radius 2 is 1.73 bits per heavy atom. The quantitative estimate of drug-likeness (QED) is 0.783. The molecule has 90 valence electrons. The van der Waals surface area contributed by atoms with E-state index < -0.39 is 23.9 Å². The van der Waals surface area contributed by atoms with E-state index in [1.807, 2.05) is 0 Å². The SMILES string of the molecule is CN(CC(F)F)C(=O)C(C)(C)C(C)(C)N. The summed E-state index contributed by atoms with van der Waals surface area (Å²) >= 11 is 0. The van der Waals surface area contributed by atoms with Crippen molar-refractivity contribution in [2.24, 2.45) is 11.1 Å². The zero-order valence-corrected chi connectivity index (χ0v) is 9.97. The second-order valence-electron chi connectivity index (χ2n) is 4.92. The van der Waals surface area contributed by atoms with Crippen molar-refractivity contribution in [3.63, 3.8) is 0 Å². The lowest BCUT2D eigenvalue weighted by Crippen LogP contribution is -2.56. The molecule has 0 fully saturated rings. The second kappa shape index (κ2) is 4.43. The van der Waals surface area contributed by atoms with Gasteiger partial charge in [0.25, 0.3) is 6.43 Å². The normalized spacial score (nSPS) is 13.1. The van der Waals surface area contributed by atoms with Crippen LogP contribution in [0, 0.1) is 5.41 Å². The third-order valence-electron chi connectivity index (χ3n) is 2.90. The predicted octanol–water partition coefficient (Wildman–Crippen LogP) is 1.47. The van der Waals surface area contributed by atoms with Gasteiger partial charge in [-0.1, -0.05) is 0 Å². The number of amides is 1. The van der Waals surface area contributed by atoms with E-state index in [1.54, 1.807) is 27.7 Å². The number of carbonyl (C=O) groups is 1. The first-order valence-electron chi connectivity index (χ1n) is 4.82. The minimum atomic E-state index is -2.52. The highest BCUT2D eigenvalue weighted by molar-refractivity contribution is 5.83. The Hall–Kier alpha value is -0.710. The van der Waals surface area contributed by atoms with Crippen LogP contribution in [0.3, 0.4) is 0 Å². The first-order chi connectivity index (χ1) is 6.50. The van der Waals surface area contributed by atoms with Crippen LogP contribution in [0.25, 0.3) is 0 Å². The van der Waals surface area contributed by atoms with Crippen LogP contribution < -0.4 is 5.73 Å². The zero-order valence-electron chi connectivity index (χ0n) is 9.97. The van der Waals surface area contributed by atoms with Crippen molar-refractivity contribution in [1.82, 2.24) is 4.90 Å². The first-order valence-corrected chi connectivity index (χ1v) is 4.82. The molecule has 0 aliphatic carbocycles. The summed E-state index contributed by atoms with van der Waals surface area (Å²) < 4.78 is 24.2. The van der Waals surface area contributed by atoms with Gasteiger partial charge in [-0.25, -0.2) is 8.78 Å². The molecule has 0 aliphatic heterocycles. The van der Waals surface area contributed by atoms with E-state index in [-0.39, 0.29) is 5.91 Å². The van der Waals surface area contributed by atoms with Gasteiger partial charge in [-0.2, -0.15) is 0 Å². The Labute approximate surface area is 89.6 Å². The maximum atomic E-state index is 12.1. The molecule has 0 unspecified atom stereocenters. The molecule has 0 aromatic heterocycles. The molecule has 2 N–H and O–H groups in total. The summed E-state index contributed by atoms with van der Waals surface area (Å²) in [6.45, 7) is 6.19. The maximum Gasteiger partial charge on any atom is 0.255 e. The van der Waals surface area contributed by atoms with Crippen molar-refractivity contribution >= 4 is 5.91 Å². The average molecular weight is 222 g/mol. The molecule has 0 bridgehead atoms. The first kappa shape index (κ1) is 14.3. The highest BCUT2D eigenvalue weighted by Gasteiger charge is 2.42. The van der Waals surface area contributed by atoms with Crippen LogP contribution in [-0.2, 0) is 4.79 Å². The monoisotopic (exact) mass is 222 g/mol. The number of halogens is 2. The fourth-order valence-electron chi connectivity index (χ4n) is 1.04. The van der Waals surface area contributed by atoms with E-state index in [0.29, 0.717) is 0 Å². The van der Waals surface area contributed by atoms with E-state index in [2.05, 4.69) is 0 Å². The van der Waals surface area contributed by atoms with Gasteiger partial charge in [0.15, 0.2) is 0 Å². The summed E-state index contributed by atoms with van der Waals surface area (Å²) in [5, 5.41) is 0. The van der Waals surface area contributed by atoms with Crippen molar-refractivity contribution in [1.29, 1.82) is 0 Å². The highest BCUT2D eigenvalue weighted by Crippen LogP contribution is 2.30. The van der Waals surface area contributed by atoms with Crippen LogP contribution >= 0.6 is 0 Å². The average Bonchev–Trinajstić information content (AvgIpc) is 1.99. The smallest absolute Gasteiger partial charge is 0.255 e. The predicted molar refractivity (Wildman–Crippen MR) is 55.7 cm³/mol. The van der Waals surface area contributed by atoms with Gasteiger partial charge >= 0.3 is 0 Å². The largest absolute Gasteiger partial charge is 0.340 e. The molecule has 0 aromatic carbocycles. The van der Waals surface area contributed by atoms with Gasteiger partial charge in [-0.15, -0.1) is 0 Å². The van der Waals surface area contributed by atoms with Crippen molar-refractivity contribution in [3.8, 4) is 0 Å². The van der Waals surface area contributed by atoms with Crippen LogP contribution in [-0.4, -0.2) is 36.4 Å². The van der Waals surface area contributed by atoms with Crippen LogP contribution in [0.1, 0.15) is 27.7 Å². The molecule has 1 amide bonds. The van der Waals surface area contributed by atoms with Gasteiger partial charge in [0.1, 0.15) is 0 Å². The van der Waals surface area contributed by atoms with Crippen LogP contribution in [0.2, 0.25) is 0 Å².